The molecule has 2 aliphatic rings. The van der Waals surface area contributed by atoms with E-state index >= 15 is 0 Å². The first-order valence-corrected chi connectivity index (χ1v) is 13.2. The lowest BCUT2D eigenvalue weighted by Crippen LogP contribution is -2.37. The highest BCUT2D eigenvalue weighted by Gasteiger charge is 2.21. The fourth-order valence-electron chi connectivity index (χ4n) is 4.63. The summed E-state index contributed by atoms with van der Waals surface area (Å²) in [5.74, 6) is 0.808. The number of amides is 1. The Kier molecular flexibility index (Phi) is 7.55. The number of hydrogen-bond donors (Lipinski definition) is 1. The van der Waals surface area contributed by atoms with E-state index in [9.17, 15) is 13.2 Å². The van der Waals surface area contributed by atoms with Crippen LogP contribution in [-0.4, -0.2) is 59.1 Å². The van der Waals surface area contributed by atoms with Gasteiger partial charge in [-0.25, -0.2) is 13.1 Å². The lowest BCUT2D eigenvalue weighted by atomic mass is 9.92. The van der Waals surface area contributed by atoms with Crippen LogP contribution in [-0.2, 0) is 27.7 Å². The highest BCUT2D eigenvalue weighted by molar-refractivity contribution is 7.89. The minimum atomic E-state index is -3.62. The van der Waals surface area contributed by atoms with Crippen molar-refractivity contribution < 1.29 is 17.9 Å². The lowest BCUT2D eigenvalue weighted by Gasteiger charge is -2.24. The van der Waals surface area contributed by atoms with E-state index in [4.69, 9.17) is 4.74 Å². The second kappa shape index (κ2) is 10.6. The number of aryl methyl sites for hydroxylation is 2. The van der Waals surface area contributed by atoms with Gasteiger partial charge in [0, 0.05) is 44.8 Å². The first-order chi connectivity index (χ1) is 16.0. The Balaban J connectivity index is 1.28. The molecule has 2 aromatic rings. The Morgan fingerprint density at radius 2 is 1.70 bits per heavy atom. The van der Waals surface area contributed by atoms with E-state index in [0.717, 1.165) is 62.2 Å². The second-order valence-corrected chi connectivity index (χ2v) is 10.5. The van der Waals surface area contributed by atoms with Gasteiger partial charge in [0.25, 0.3) is 0 Å². The summed E-state index contributed by atoms with van der Waals surface area (Å²) in [4.78, 5) is 17.2. The number of sulfonamides is 1. The molecule has 1 aliphatic carbocycles. The Bertz CT molecular complexity index is 1070. The van der Waals surface area contributed by atoms with Crippen LogP contribution in [0.1, 0.15) is 36.8 Å². The van der Waals surface area contributed by atoms with Crippen molar-refractivity contribution in [3.8, 4) is 5.75 Å². The quantitative estimate of drug-likeness (QED) is 0.672. The molecule has 0 spiro atoms. The number of benzene rings is 2. The van der Waals surface area contributed by atoms with Gasteiger partial charge in [-0.3, -0.25) is 4.79 Å². The van der Waals surface area contributed by atoms with Crippen LogP contribution in [0.5, 0.6) is 5.75 Å². The molecule has 0 bridgehead atoms. The van der Waals surface area contributed by atoms with Crippen LogP contribution in [0.25, 0.3) is 0 Å². The van der Waals surface area contributed by atoms with E-state index in [2.05, 4.69) is 9.62 Å². The fourth-order valence-corrected chi connectivity index (χ4v) is 5.71. The predicted octanol–water partition coefficient (Wildman–Crippen LogP) is 2.98. The zero-order chi connectivity index (χ0) is 23.3. The summed E-state index contributed by atoms with van der Waals surface area (Å²) < 4.78 is 33.3. The normalized spacial score (nSPS) is 16.8. The molecule has 1 aliphatic heterocycles. The number of nitrogens with one attached hydrogen (secondary N) is 1. The zero-order valence-electron chi connectivity index (χ0n) is 19.3. The number of carbonyl (C=O) groups is 1. The summed E-state index contributed by atoms with van der Waals surface area (Å²) in [6.07, 6.45) is 5.24. The standard InChI is InChI=1S/C25H33N3O4S/c1-32-23-10-8-22(9-11-23)27-15-4-16-28(18-17-27)25(29)13-14-26-33(30,31)24-12-7-20-5-2-3-6-21(20)19-24/h7-12,19,26H,2-6,13-18H2,1H3. The maximum absolute atomic E-state index is 12.7. The van der Waals surface area contributed by atoms with Crippen molar-refractivity contribution in [1.29, 1.82) is 0 Å². The number of anilines is 1. The molecule has 33 heavy (non-hydrogen) atoms. The van der Waals surface area contributed by atoms with E-state index in [1.54, 1.807) is 19.2 Å². The van der Waals surface area contributed by atoms with Crippen molar-refractivity contribution in [2.75, 3.05) is 44.7 Å². The van der Waals surface area contributed by atoms with Gasteiger partial charge >= 0.3 is 0 Å². The smallest absolute Gasteiger partial charge is 0.240 e. The molecular formula is C25H33N3O4S. The van der Waals surface area contributed by atoms with Crippen LogP contribution in [0.15, 0.2) is 47.4 Å². The molecule has 2 aromatic carbocycles. The Morgan fingerprint density at radius 3 is 2.45 bits per heavy atom. The molecule has 1 amide bonds. The maximum Gasteiger partial charge on any atom is 0.240 e. The highest BCUT2D eigenvalue weighted by Crippen LogP contribution is 2.24. The number of carbonyl (C=O) groups excluding carboxylic acids is 1. The molecule has 1 N–H and O–H groups in total. The number of ether oxygens (including phenoxy) is 1. The third kappa shape index (κ3) is 5.86. The summed E-state index contributed by atoms with van der Waals surface area (Å²) in [6.45, 7) is 3.04. The lowest BCUT2D eigenvalue weighted by molar-refractivity contribution is -0.130. The van der Waals surface area contributed by atoms with Crippen molar-refractivity contribution in [2.24, 2.45) is 0 Å². The third-order valence-corrected chi connectivity index (χ3v) is 8.01. The molecule has 0 unspecified atom stereocenters. The van der Waals surface area contributed by atoms with Gasteiger partial charge in [-0.15, -0.1) is 0 Å². The average molecular weight is 472 g/mol. The molecule has 0 radical (unpaired) electrons. The van der Waals surface area contributed by atoms with Crippen molar-refractivity contribution in [3.63, 3.8) is 0 Å². The number of rotatable bonds is 7. The third-order valence-electron chi connectivity index (χ3n) is 6.55. The molecule has 0 saturated carbocycles. The number of hydrogen-bond acceptors (Lipinski definition) is 5. The molecule has 7 nitrogen and oxygen atoms in total. The van der Waals surface area contributed by atoms with E-state index < -0.39 is 10.0 Å². The Hall–Kier alpha value is -2.58. The average Bonchev–Trinajstić information content (AvgIpc) is 3.10. The van der Waals surface area contributed by atoms with Gasteiger partial charge in [0.2, 0.25) is 15.9 Å². The summed E-state index contributed by atoms with van der Waals surface area (Å²) >= 11 is 0. The Morgan fingerprint density at radius 1 is 0.939 bits per heavy atom. The first-order valence-electron chi connectivity index (χ1n) is 11.7. The molecule has 8 heteroatoms. The van der Waals surface area contributed by atoms with Crippen LogP contribution in [0, 0.1) is 0 Å². The molecular weight excluding hydrogens is 438 g/mol. The molecule has 1 heterocycles. The summed E-state index contributed by atoms with van der Waals surface area (Å²) in [6, 6.07) is 13.4. The number of nitrogens with zero attached hydrogens (tertiary/aromatic N) is 2. The molecule has 0 atom stereocenters. The fraction of sp³-hybridized carbons (Fsp3) is 0.480. The minimum Gasteiger partial charge on any atom is -0.497 e. The number of fused-ring (bicyclic) bond motifs is 1. The van der Waals surface area contributed by atoms with Crippen LogP contribution in [0.2, 0.25) is 0 Å². The second-order valence-electron chi connectivity index (χ2n) is 8.70. The van der Waals surface area contributed by atoms with Gasteiger partial charge in [0.1, 0.15) is 5.75 Å². The zero-order valence-corrected chi connectivity index (χ0v) is 20.1. The summed E-state index contributed by atoms with van der Waals surface area (Å²) in [7, 11) is -1.97. The molecule has 4 rings (SSSR count). The summed E-state index contributed by atoms with van der Waals surface area (Å²) in [5.41, 5.74) is 3.49. The van der Waals surface area contributed by atoms with Crippen molar-refractivity contribution in [3.05, 3.63) is 53.6 Å². The van der Waals surface area contributed by atoms with Crippen LogP contribution < -0.4 is 14.4 Å². The largest absolute Gasteiger partial charge is 0.497 e. The van der Waals surface area contributed by atoms with E-state index in [1.807, 2.05) is 35.2 Å². The predicted molar refractivity (Wildman–Crippen MR) is 129 cm³/mol. The van der Waals surface area contributed by atoms with Crippen LogP contribution >= 0.6 is 0 Å². The molecule has 1 saturated heterocycles. The van der Waals surface area contributed by atoms with Gasteiger partial charge in [0.05, 0.1) is 12.0 Å². The van der Waals surface area contributed by atoms with Gasteiger partial charge in [-0.1, -0.05) is 6.07 Å². The Labute approximate surface area is 196 Å². The molecule has 1 fully saturated rings. The SMILES string of the molecule is COc1ccc(N2CCCN(C(=O)CCNS(=O)(=O)c3ccc4c(c3)CCCC4)CC2)cc1. The van der Waals surface area contributed by atoms with E-state index in [0.29, 0.717) is 18.0 Å². The van der Waals surface area contributed by atoms with Gasteiger partial charge in [-0.05, 0) is 79.6 Å². The highest BCUT2D eigenvalue weighted by atomic mass is 32.2. The number of methoxy groups -OCH3 is 1. The molecule has 0 aromatic heterocycles. The van der Waals surface area contributed by atoms with Crippen molar-refractivity contribution >= 4 is 21.6 Å². The van der Waals surface area contributed by atoms with Crippen LogP contribution in [0.4, 0.5) is 5.69 Å². The minimum absolute atomic E-state index is 0.0141. The topological polar surface area (TPSA) is 79.0 Å². The maximum atomic E-state index is 12.7. The first kappa shape index (κ1) is 23.6. The van der Waals surface area contributed by atoms with Crippen molar-refractivity contribution in [2.45, 2.75) is 43.4 Å². The molecule has 178 valence electrons. The van der Waals surface area contributed by atoms with Gasteiger partial charge in [-0.2, -0.15) is 0 Å². The summed E-state index contributed by atoms with van der Waals surface area (Å²) in [5, 5.41) is 0. The van der Waals surface area contributed by atoms with Gasteiger partial charge < -0.3 is 14.5 Å². The van der Waals surface area contributed by atoms with Crippen molar-refractivity contribution in [1.82, 2.24) is 9.62 Å². The van der Waals surface area contributed by atoms with Crippen LogP contribution in [0.3, 0.4) is 0 Å². The van der Waals surface area contributed by atoms with Gasteiger partial charge in [0.15, 0.2) is 0 Å². The van der Waals surface area contributed by atoms with E-state index in [1.165, 1.54) is 5.56 Å². The van der Waals surface area contributed by atoms with E-state index in [-0.39, 0.29) is 18.9 Å². The monoisotopic (exact) mass is 471 g/mol.